The van der Waals surface area contributed by atoms with Gasteiger partial charge in [0.05, 0.1) is 17.9 Å². The van der Waals surface area contributed by atoms with Crippen LogP contribution in [0.1, 0.15) is 12.5 Å². The zero-order valence-corrected chi connectivity index (χ0v) is 11.3. The third-order valence-electron chi connectivity index (χ3n) is 2.45. The molecule has 0 saturated heterocycles. The zero-order valence-electron chi connectivity index (χ0n) is 10.5. The molecule has 0 aliphatic heterocycles. The summed E-state index contributed by atoms with van der Waals surface area (Å²) in [5.74, 6) is 0.421. The number of nitrogens with zero attached hydrogens (tertiary/aromatic N) is 1. The largest absolute Gasteiger partial charge is 0.384 e. The van der Waals surface area contributed by atoms with Crippen LogP contribution < -0.4 is 5.32 Å². The molecule has 0 spiro atoms. The van der Waals surface area contributed by atoms with Crippen molar-refractivity contribution in [2.75, 3.05) is 31.8 Å². The van der Waals surface area contributed by atoms with Crippen LogP contribution in [-0.4, -0.2) is 26.5 Å². The topological polar surface area (TPSA) is 45.0 Å². The Hall–Kier alpha value is -1.18. The molecule has 0 saturated carbocycles. The van der Waals surface area contributed by atoms with Crippen molar-refractivity contribution in [2.24, 2.45) is 5.92 Å². The van der Waals surface area contributed by atoms with E-state index in [1.807, 2.05) is 24.5 Å². The minimum absolute atomic E-state index is 0.421. The minimum Gasteiger partial charge on any atom is -0.384 e. The first-order valence-corrected chi connectivity index (χ1v) is 6.75. The van der Waals surface area contributed by atoms with Crippen molar-refractivity contribution in [1.29, 1.82) is 5.26 Å². The van der Waals surface area contributed by atoms with E-state index in [1.54, 1.807) is 18.9 Å². The number of nitriles is 1. The number of thioether (sulfide) groups is 1. The molecule has 1 rings (SSSR count). The van der Waals surface area contributed by atoms with Crippen LogP contribution in [0.4, 0.5) is 5.69 Å². The van der Waals surface area contributed by atoms with Crippen LogP contribution >= 0.6 is 11.8 Å². The fourth-order valence-electron chi connectivity index (χ4n) is 1.59. The predicted octanol–water partition coefficient (Wildman–Crippen LogP) is 2.97. The first kappa shape index (κ1) is 13.9. The van der Waals surface area contributed by atoms with Crippen molar-refractivity contribution < 1.29 is 4.74 Å². The van der Waals surface area contributed by atoms with Gasteiger partial charge in [0, 0.05) is 18.6 Å². The Morgan fingerprint density at radius 1 is 1.53 bits per heavy atom. The molecule has 3 nitrogen and oxygen atoms in total. The molecular formula is C13H18N2OS. The highest BCUT2D eigenvalue weighted by atomic mass is 32.2. The normalized spacial score (nSPS) is 11.9. The van der Waals surface area contributed by atoms with E-state index < -0.39 is 0 Å². The molecule has 4 heteroatoms. The van der Waals surface area contributed by atoms with E-state index in [1.165, 1.54) is 0 Å². The minimum atomic E-state index is 0.421. The highest BCUT2D eigenvalue weighted by molar-refractivity contribution is 7.98. The fourth-order valence-corrected chi connectivity index (χ4v) is 2.17. The molecule has 92 valence electrons. The van der Waals surface area contributed by atoms with Crippen molar-refractivity contribution in [1.82, 2.24) is 0 Å². The maximum atomic E-state index is 9.17. The van der Waals surface area contributed by atoms with E-state index in [-0.39, 0.29) is 0 Å². The molecule has 17 heavy (non-hydrogen) atoms. The maximum Gasteiger partial charge on any atom is 0.102 e. The average molecular weight is 250 g/mol. The number of anilines is 1. The lowest BCUT2D eigenvalue weighted by atomic mass is 10.1. The number of ether oxygens (including phenoxy) is 1. The third-order valence-corrected chi connectivity index (χ3v) is 3.23. The van der Waals surface area contributed by atoms with Gasteiger partial charge in [-0.05, 0) is 24.3 Å². The Kier molecular flexibility index (Phi) is 5.88. The van der Waals surface area contributed by atoms with Crippen LogP contribution in [0, 0.1) is 17.2 Å². The van der Waals surface area contributed by atoms with Crippen LogP contribution in [0.15, 0.2) is 23.1 Å². The summed E-state index contributed by atoms with van der Waals surface area (Å²) < 4.78 is 5.08. The van der Waals surface area contributed by atoms with Gasteiger partial charge in [0.1, 0.15) is 6.07 Å². The first-order chi connectivity index (χ1) is 8.22. The van der Waals surface area contributed by atoms with E-state index in [4.69, 9.17) is 4.74 Å². The molecule has 0 bridgehead atoms. The van der Waals surface area contributed by atoms with E-state index >= 15 is 0 Å². The lowest BCUT2D eigenvalue weighted by Crippen LogP contribution is -2.16. The Morgan fingerprint density at radius 3 is 2.88 bits per heavy atom. The van der Waals surface area contributed by atoms with Crippen LogP contribution in [0.5, 0.6) is 0 Å². The molecule has 0 radical (unpaired) electrons. The Labute approximate surface area is 107 Å². The summed E-state index contributed by atoms with van der Waals surface area (Å²) in [6.45, 7) is 3.64. The number of methoxy groups -OCH3 is 1. The number of nitrogens with one attached hydrogen (secondary N) is 1. The van der Waals surface area contributed by atoms with Crippen LogP contribution in [0.25, 0.3) is 0 Å². The highest BCUT2D eigenvalue weighted by Gasteiger charge is 2.08. The van der Waals surface area contributed by atoms with Crippen LogP contribution in [0.2, 0.25) is 0 Å². The van der Waals surface area contributed by atoms with Gasteiger partial charge in [0.2, 0.25) is 0 Å². The van der Waals surface area contributed by atoms with Crippen molar-refractivity contribution in [3.63, 3.8) is 0 Å². The van der Waals surface area contributed by atoms with E-state index in [2.05, 4.69) is 18.3 Å². The summed E-state index contributed by atoms with van der Waals surface area (Å²) in [5, 5.41) is 12.5. The lowest BCUT2D eigenvalue weighted by molar-refractivity contribution is 0.164. The molecule has 0 amide bonds. The molecular weight excluding hydrogens is 232 g/mol. The van der Waals surface area contributed by atoms with Gasteiger partial charge in [-0.15, -0.1) is 11.8 Å². The second-order valence-corrected chi connectivity index (χ2v) is 4.78. The number of benzene rings is 1. The highest BCUT2D eigenvalue weighted by Crippen LogP contribution is 2.26. The molecule has 1 N–H and O–H groups in total. The fraction of sp³-hybridized carbons (Fsp3) is 0.462. The summed E-state index contributed by atoms with van der Waals surface area (Å²) in [5.41, 5.74) is 1.63. The van der Waals surface area contributed by atoms with Gasteiger partial charge in [-0.25, -0.2) is 0 Å². The maximum absolute atomic E-state index is 9.17. The number of rotatable bonds is 6. The average Bonchev–Trinajstić information content (AvgIpc) is 2.36. The van der Waals surface area contributed by atoms with Gasteiger partial charge < -0.3 is 10.1 Å². The second kappa shape index (κ2) is 7.21. The SMILES string of the molecule is COCC(C)CNc1cccc(SC)c1C#N. The van der Waals surface area contributed by atoms with E-state index in [9.17, 15) is 5.26 Å². The molecule has 1 atom stereocenters. The van der Waals surface area contributed by atoms with Gasteiger partial charge in [0.25, 0.3) is 0 Å². The van der Waals surface area contributed by atoms with Crippen molar-refractivity contribution in [3.05, 3.63) is 23.8 Å². The molecule has 0 fully saturated rings. The third kappa shape index (κ3) is 3.95. The molecule has 0 heterocycles. The molecule has 1 aromatic carbocycles. The van der Waals surface area contributed by atoms with Crippen molar-refractivity contribution in [2.45, 2.75) is 11.8 Å². The van der Waals surface area contributed by atoms with Crippen LogP contribution in [-0.2, 0) is 4.74 Å². The van der Waals surface area contributed by atoms with Crippen LogP contribution in [0.3, 0.4) is 0 Å². The Balaban J connectivity index is 2.74. The van der Waals surface area contributed by atoms with Gasteiger partial charge >= 0.3 is 0 Å². The van der Waals surface area contributed by atoms with Gasteiger partial charge in [0.15, 0.2) is 0 Å². The second-order valence-electron chi connectivity index (χ2n) is 3.94. The molecule has 0 aliphatic rings. The first-order valence-electron chi connectivity index (χ1n) is 5.52. The smallest absolute Gasteiger partial charge is 0.102 e. The van der Waals surface area contributed by atoms with E-state index in [0.717, 1.165) is 29.3 Å². The standard InChI is InChI=1S/C13H18N2OS/c1-10(9-16-2)8-15-12-5-4-6-13(17-3)11(12)7-14/h4-6,10,15H,8-9H2,1-3H3. The summed E-state index contributed by atoms with van der Waals surface area (Å²) in [4.78, 5) is 1.01. The van der Waals surface area contributed by atoms with Gasteiger partial charge in [-0.3, -0.25) is 0 Å². The monoisotopic (exact) mass is 250 g/mol. The summed E-state index contributed by atoms with van der Waals surface area (Å²) in [7, 11) is 1.70. The van der Waals surface area contributed by atoms with Crippen molar-refractivity contribution >= 4 is 17.4 Å². The lowest BCUT2D eigenvalue weighted by Gasteiger charge is -2.14. The van der Waals surface area contributed by atoms with E-state index in [0.29, 0.717) is 5.92 Å². The van der Waals surface area contributed by atoms with Gasteiger partial charge in [-0.2, -0.15) is 5.26 Å². The molecule has 1 unspecified atom stereocenters. The van der Waals surface area contributed by atoms with Gasteiger partial charge in [-0.1, -0.05) is 13.0 Å². The number of hydrogen-bond acceptors (Lipinski definition) is 4. The number of hydrogen-bond donors (Lipinski definition) is 1. The summed E-state index contributed by atoms with van der Waals surface area (Å²) in [6.07, 6.45) is 1.98. The van der Waals surface area contributed by atoms with Crippen molar-refractivity contribution in [3.8, 4) is 6.07 Å². The Bertz CT molecular complexity index is 401. The quantitative estimate of drug-likeness (QED) is 0.788. The molecule has 1 aromatic rings. The zero-order chi connectivity index (χ0) is 12.7. The Morgan fingerprint density at radius 2 is 2.29 bits per heavy atom. The molecule has 0 aromatic heterocycles. The summed E-state index contributed by atoms with van der Waals surface area (Å²) in [6, 6.07) is 8.13. The molecule has 0 aliphatic carbocycles. The predicted molar refractivity (Wildman–Crippen MR) is 72.5 cm³/mol. The summed E-state index contributed by atoms with van der Waals surface area (Å²) >= 11 is 1.59.